The van der Waals surface area contributed by atoms with Crippen molar-refractivity contribution in [3.8, 4) is 0 Å². The highest BCUT2D eigenvalue weighted by Gasteiger charge is 2.18. The van der Waals surface area contributed by atoms with Crippen LogP contribution in [0.4, 0.5) is 0 Å². The molecule has 0 amide bonds. The van der Waals surface area contributed by atoms with Crippen LogP contribution in [0.15, 0.2) is 24.3 Å². The number of benzene rings is 1. The van der Waals surface area contributed by atoms with Gasteiger partial charge >= 0.3 is 0 Å². The Labute approximate surface area is 112 Å². The van der Waals surface area contributed by atoms with Gasteiger partial charge in [-0.1, -0.05) is 65.8 Å². The van der Waals surface area contributed by atoms with E-state index in [1.807, 2.05) is 0 Å². The monoisotopic (exact) mass is 248 g/mol. The Bertz CT molecular complexity index is 356. The summed E-state index contributed by atoms with van der Waals surface area (Å²) in [5.74, 6) is 0.862. The third kappa shape index (κ3) is 4.13. The van der Waals surface area contributed by atoms with Crippen LogP contribution in [-0.4, -0.2) is 11.2 Å². The van der Waals surface area contributed by atoms with Gasteiger partial charge in [0.05, 0.1) is 6.10 Å². The smallest absolute Gasteiger partial charge is 0.0608 e. The minimum absolute atomic E-state index is 0.197. The van der Waals surface area contributed by atoms with Crippen LogP contribution in [0, 0.1) is 11.8 Å². The van der Waals surface area contributed by atoms with Gasteiger partial charge in [0.15, 0.2) is 0 Å². The third-order valence-corrected chi connectivity index (χ3v) is 3.92. The summed E-state index contributed by atoms with van der Waals surface area (Å²) in [5.41, 5.74) is 2.77. The molecule has 0 aliphatic carbocycles. The first-order valence-corrected chi connectivity index (χ1v) is 6.99. The maximum Gasteiger partial charge on any atom is 0.0608 e. The van der Waals surface area contributed by atoms with Gasteiger partial charge in [0.25, 0.3) is 0 Å². The van der Waals surface area contributed by atoms with E-state index in [0.29, 0.717) is 11.8 Å². The molecule has 0 heterocycles. The Kier molecular flexibility index (Phi) is 4.98. The molecule has 0 aromatic heterocycles. The number of aliphatic hydroxyl groups excluding tert-OH is 1. The predicted octanol–water partition coefficient (Wildman–Crippen LogP) is 4.18. The molecule has 18 heavy (non-hydrogen) atoms. The summed E-state index contributed by atoms with van der Waals surface area (Å²) in [6, 6.07) is 8.66. The lowest BCUT2D eigenvalue weighted by Gasteiger charge is -2.23. The maximum atomic E-state index is 10.2. The molecule has 2 unspecified atom stereocenters. The van der Waals surface area contributed by atoms with Crippen molar-refractivity contribution in [1.29, 1.82) is 0 Å². The third-order valence-electron chi connectivity index (χ3n) is 3.92. The van der Waals surface area contributed by atoms with E-state index in [1.54, 1.807) is 0 Å². The molecule has 1 heteroatoms. The number of hydrogen-bond donors (Lipinski definition) is 1. The summed E-state index contributed by atoms with van der Waals surface area (Å²) in [6.45, 7) is 13.1. The van der Waals surface area contributed by atoms with E-state index in [1.165, 1.54) is 11.1 Å². The van der Waals surface area contributed by atoms with Crippen molar-refractivity contribution < 1.29 is 5.11 Å². The average Bonchev–Trinajstić information content (AvgIpc) is 2.27. The molecule has 1 aromatic carbocycles. The molecule has 1 aromatic rings. The molecule has 1 rings (SSSR count). The fourth-order valence-electron chi connectivity index (χ4n) is 2.01. The van der Waals surface area contributed by atoms with Crippen molar-refractivity contribution in [3.63, 3.8) is 0 Å². The zero-order valence-corrected chi connectivity index (χ0v) is 12.7. The second kappa shape index (κ2) is 5.88. The first-order valence-electron chi connectivity index (χ1n) is 6.99. The van der Waals surface area contributed by atoms with Crippen LogP contribution in [0.5, 0.6) is 0 Å². The van der Waals surface area contributed by atoms with Gasteiger partial charge in [0.1, 0.15) is 0 Å². The summed E-state index contributed by atoms with van der Waals surface area (Å²) in [7, 11) is 0. The number of aliphatic hydroxyl groups is 1. The van der Waals surface area contributed by atoms with E-state index in [9.17, 15) is 5.11 Å². The predicted molar refractivity (Wildman–Crippen MR) is 78.9 cm³/mol. The molecule has 1 N–H and O–H groups in total. The molecule has 0 bridgehead atoms. The van der Waals surface area contributed by atoms with Crippen LogP contribution >= 0.6 is 0 Å². The van der Waals surface area contributed by atoms with Gasteiger partial charge in [0.2, 0.25) is 0 Å². The van der Waals surface area contributed by atoms with Gasteiger partial charge in [-0.3, -0.25) is 0 Å². The Morgan fingerprint density at radius 1 is 1.00 bits per heavy atom. The largest absolute Gasteiger partial charge is 0.392 e. The molecule has 1 nitrogen and oxygen atoms in total. The second-order valence-corrected chi connectivity index (χ2v) is 6.82. The molecule has 0 saturated heterocycles. The highest BCUT2D eigenvalue weighted by Crippen LogP contribution is 2.23. The van der Waals surface area contributed by atoms with Gasteiger partial charge < -0.3 is 5.11 Å². The maximum absolute atomic E-state index is 10.2. The molecule has 0 aliphatic rings. The van der Waals surface area contributed by atoms with Gasteiger partial charge in [-0.2, -0.15) is 0 Å². The average molecular weight is 248 g/mol. The summed E-state index contributed by atoms with van der Waals surface area (Å²) in [6.07, 6.45) is 0.509. The van der Waals surface area contributed by atoms with Crippen LogP contribution in [0.1, 0.15) is 52.7 Å². The van der Waals surface area contributed by atoms with Crippen LogP contribution in [-0.2, 0) is 11.8 Å². The Balaban J connectivity index is 2.70. The molecule has 0 fully saturated rings. The Morgan fingerprint density at radius 2 is 1.50 bits per heavy atom. The van der Waals surface area contributed by atoms with E-state index >= 15 is 0 Å². The first-order chi connectivity index (χ1) is 8.21. The van der Waals surface area contributed by atoms with Crippen molar-refractivity contribution in [2.45, 2.75) is 59.5 Å². The quantitative estimate of drug-likeness (QED) is 0.847. The summed E-state index contributed by atoms with van der Waals surface area (Å²) < 4.78 is 0. The lowest BCUT2D eigenvalue weighted by atomic mass is 9.85. The van der Waals surface area contributed by atoms with Crippen molar-refractivity contribution in [2.75, 3.05) is 0 Å². The summed E-state index contributed by atoms with van der Waals surface area (Å²) in [4.78, 5) is 0. The van der Waals surface area contributed by atoms with Crippen LogP contribution in [0.3, 0.4) is 0 Å². The summed E-state index contributed by atoms with van der Waals surface area (Å²) >= 11 is 0. The van der Waals surface area contributed by atoms with Gasteiger partial charge in [-0.25, -0.2) is 0 Å². The highest BCUT2D eigenvalue weighted by atomic mass is 16.3. The zero-order valence-electron chi connectivity index (χ0n) is 12.7. The second-order valence-electron chi connectivity index (χ2n) is 6.82. The van der Waals surface area contributed by atoms with Crippen LogP contribution in [0.2, 0.25) is 0 Å². The van der Waals surface area contributed by atoms with Gasteiger partial charge in [-0.15, -0.1) is 0 Å². The van der Waals surface area contributed by atoms with Crippen molar-refractivity contribution in [3.05, 3.63) is 35.4 Å². The SMILES string of the molecule is CC(C)C(C)C(O)Cc1ccc(C(C)(C)C)cc1. The van der Waals surface area contributed by atoms with Crippen LogP contribution < -0.4 is 0 Å². The molecule has 2 atom stereocenters. The topological polar surface area (TPSA) is 20.2 Å². The fraction of sp³-hybridized carbons (Fsp3) is 0.647. The lowest BCUT2D eigenvalue weighted by Crippen LogP contribution is -2.24. The van der Waals surface area contributed by atoms with Crippen LogP contribution in [0.25, 0.3) is 0 Å². The van der Waals surface area contributed by atoms with Crippen molar-refractivity contribution >= 4 is 0 Å². The van der Waals surface area contributed by atoms with E-state index < -0.39 is 0 Å². The first kappa shape index (κ1) is 15.2. The van der Waals surface area contributed by atoms with Crippen molar-refractivity contribution in [2.24, 2.45) is 11.8 Å². The Morgan fingerprint density at radius 3 is 1.89 bits per heavy atom. The fourth-order valence-corrected chi connectivity index (χ4v) is 2.01. The molecule has 0 aliphatic heterocycles. The lowest BCUT2D eigenvalue weighted by molar-refractivity contribution is 0.0921. The summed E-state index contributed by atoms with van der Waals surface area (Å²) in [5, 5.41) is 10.2. The molecular weight excluding hydrogens is 220 g/mol. The minimum Gasteiger partial charge on any atom is -0.392 e. The standard InChI is InChI=1S/C17H28O/c1-12(2)13(3)16(18)11-14-7-9-15(10-8-14)17(4,5)6/h7-10,12-13,16,18H,11H2,1-6H3. The van der Waals surface area contributed by atoms with E-state index in [-0.39, 0.29) is 11.5 Å². The molecular formula is C17H28O. The molecule has 0 spiro atoms. The van der Waals surface area contributed by atoms with E-state index in [2.05, 4.69) is 65.8 Å². The Hall–Kier alpha value is -0.820. The van der Waals surface area contributed by atoms with E-state index in [4.69, 9.17) is 0 Å². The molecule has 0 radical (unpaired) electrons. The minimum atomic E-state index is -0.245. The normalized spacial score (nSPS) is 15.8. The zero-order chi connectivity index (χ0) is 13.9. The number of hydrogen-bond acceptors (Lipinski definition) is 1. The van der Waals surface area contributed by atoms with Gasteiger partial charge in [0, 0.05) is 0 Å². The number of rotatable bonds is 4. The molecule has 0 saturated carbocycles. The van der Waals surface area contributed by atoms with Gasteiger partial charge in [-0.05, 0) is 34.8 Å². The van der Waals surface area contributed by atoms with Crippen molar-refractivity contribution in [1.82, 2.24) is 0 Å². The highest BCUT2D eigenvalue weighted by molar-refractivity contribution is 5.27. The van der Waals surface area contributed by atoms with E-state index in [0.717, 1.165) is 6.42 Å². The molecule has 102 valence electrons.